The van der Waals surface area contributed by atoms with Gasteiger partial charge in [-0.2, -0.15) is 0 Å². The van der Waals surface area contributed by atoms with E-state index in [1.165, 1.54) is 0 Å². The van der Waals surface area contributed by atoms with Crippen molar-refractivity contribution in [2.45, 2.75) is 26.2 Å². The molecule has 15 heavy (non-hydrogen) atoms. The molecule has 0 aromatic carbocycles. The van der Waals surface area contributed by atoms with E-state index in [2.05, 4.69) is 12.2 Å². The number of hydrogen-bond acceptors (Lipinski definition) is 4. The van der Waals surface area contributed by atoms with Gasteiger partial charge in [-0.15, -0.1) is 0 Å². The van der Waals surface area contributed by atoms with Crippen molar-refractivity contribution in [3.8, 4) is 0 Å². The average Bonchev–Trinajstić information content (AvgIpc) is 2.72. The second-order valence-corrected chi connectivity index (χ2v) is 3.25. The Balaban J connectivity index is 2.25. The lowest BCUT2D eigenvalue weighted by atomic mass is 10.3. The van der Waals surface area contributed by atoms with Crippen LogP contribution in [-0.4, -0.2) is 27.1 Å². The summed E-state index contributed by atoms with van der Waals surface area (Å²) < 4.78 is 15.6. The lowest BCUT2D eigenvalue weighted by Crippen LogP contribution is -2.29. The molecule has 1 heterocycles. The number of aryl methyl sites for hydroxylation is 1. The summed E-state index contributed by atoms with van der Waals surface area (Å²) in [7, 11) is 3.25. The molecule has 0 saturated heterocycles. The zero-order chi connectivity index (χ0) is 11.1. The van der Waals surface area contributed by atoms with Crippen molar-refractivity contribution in [2.24, 2.45) is 0 Å². The summed E-state index contributed by atoms with van der Waals surface area (Å²) in [4.78, 5) is 0. The van der Waals surface area contributed by atoms with Crippen molar-refractivity contribution in [1.82, 2.24) is 5.32 Å². The number of methoxy groups -OCH3 is 2. The van der Waals surface area contributed by atoms with Crippen molar-refractivity contribution in [3.63, 3.8) is 0 Å². The SMILES string of the molecule is CCc1ccc(CNCC(OC)OC)o1. The third kappa shape index (κ3) is 4.03. The summed E-state index contributed by atoms with van der Waals surface area (Å²) in [5.41, 5.74) is 0. The lowest BCUT2D eigenvalue weighted by molar-refractivity contribution is -0.0990. The molecule has 1 aromatic heterocycles. The molecule has 0 aliphatic carbocycles. The van der Waals surface area contributed by atoms with Crippen LogP contribution in [0.3, 0.4) is 0 Å². The first-order valence-electron chi connectivity index (χ1n) is 5.14. The van der Waals surface area contributed by atoms with Crippen LogP contribution in [0.4, 0.5) is 0 Å². The predicted octanol–water partition coefficient (Wildman–Crippen LogP) is 1.55. The van der Waals surface area contributed by atoms with Crippen LogP contribution in [0.25, 0.3) is 0 Å². The van der Waals surface area contributed by atoms with Gasteiger partial charge in [-0.1, -0.05) is 6.92 Å². The summed E-state index contributed by atoms with van der Waals surface area (Å²) in [5.74, 6) is 1.96. The maximum absolute atomic E-state index is 5.54. The molecule has 0 spiro atoms. The van der Waals surface area contributed by atoms with Crippen LogP contribution in [0.1, 0.15) is 18.4 Å². The van der Waals surface area contributed by atoms with Gasteiger partial charge in [0.05, 0.1) is 6.54 Å². The van der Waals surface area contributed by atoms with E-state index in [1.807, 2.05) is 12.1 Å². The van der Waals surface area contributed by atoms with Crippen LogP contribution in [0.15, 0.2) is 16.5 Å². The first-order valence-corrected chi connectivity index (χ1v) is 5.14. The van der Waals surface area contributed by atoms with Crippen molar-refractivity contribution in [2.75, 3.05) is 20.8 Å². The standard InChI is InChI=1S/C11H19NO3/c1-4-9-5-6-10(15-9)7-12-8-11(13-2)14-3/h5-6,11-12H,4,7-8H2,1-3H3. The molecule has 0 fully saturated rings. The molecule has 0 radical (unpaired) electrons. The van der Waals surface area contributed by atoms with Crippen molar-refractivity contribution < 1.29 is 13.9 Å². The molecule has 4 nitrogen and oxygen atoms in total. The number of furan rings is 1. The number of hydrogen-bond donors (Lipinski definition) is 1. The summed E-state index contributed by atoms with van der Waals surface area (Å²) in [6, 6.07) is 3.99. The molecule has 1 N–H and O–H groups in total. The van der Waals surface area contributed by atoms with Crippen LogP contribution < -0.4 is 5.32 Å². The minimum absolute atomic E-state index is 0.203. The molecule has 0 atom stereocenters. The second kappa shape index (κ2) is 6.61. The quantitative estimate of drug-likeness (QED) is 0.698. The fourth-order valence-electron chi connectivity index (χ4n) is 1.28. The van der Waals surface area contributed by atoms with Crippen molar-refractivity contribution >= 4 is 0 Å². The van der Waals surface area contributed by atoms with Gasteiger partial charge in [0, 0.05) is 27.2 Å². The van der Waals surface area contributed by atoms with E-state index >= 15 is 0 Å². The van der Waals surface area contributed by atoms with Crippen LogP contribution in [0.5, 0.6) is 0 Å². The topological polar surface area (TPSA) is 43.6 Å². The van der Waals surface area contributed by atoms with Gasteiger partial charge in [0.25, 0.3) is 0 Å². The highest BCUT2D eigenvalue weighted by molar-refractivity contribution is 5.06. The average molecular weight is 213 g/mol. The summed E-state index contributed by atoms with van der Waals surface area (Å²) >= 11 is 0. The molecule has 0 saturated carbocycles. The highest BCUT2D eigenvalue weighted by Gasteiger charge is 2.05. The lowest BCUT2D eigenvalue weighted by Gasteiger charge is -2.13. The van der Waals surface area contributed by atoms with Crippen molar-refractivity contribution in [3.05, 3.63) is 23.7 Å². The smallest absolute Gasteiger partial charge is 0.169 e. The monoisotopic (exact) mass is 213 g/mol. The predicted molar refractivity (Wildman–Crippen MR) is 57.6 cm³/mol. The van der Waals surface area contributed by atoms with Crippen molar-refractivity contribution in [1.29, 1.82) is 0 Å². The Morgan fingerprint density at radius 1 is 1.27 bits per heavy atom. The first-order chi connectivity index (χ1) is 7.30. The molecular weight excluding hydrogens is 194 g/mol. The molecule has 0 aliphatic heterocycles. The molecule has 86 valence electrons. The van der Waals surface area contributed by atoms with Gasteiger partial charge < -0.3 is 19.2 Å². The minimum atomic E-state index is -0.203. The van der Waals surface area contributed by atoms with E-state index in [4.69, 9.17) is 13.9 Å². The van der Waals surface area contributed by atoms with Crippen LogP contribution in [0, 0.1) is 0 Å². The molecular formula is C11H19NO3. The molecule has 0 unspecified atom stereocenters. The van der Waals surface area contributed by atoms with Crippen LogP contribution >= 0.6 is 0 Å². The van der Waals surface area contributed by atoms with Gasteiger partial charge in [0.1, 0.15) is 11.5 Å². The largest absolute Gasteiger partial charge is 0.465 e. The Morgan fingerprint density at radius 2 is 1.93 bits per heavy atom. The maximum Gasteiger partial charge on any atom is 0.169 e. The Morgan fingerprint density at radius 3 is 2.47 bits per heavy atom. The van der Waals surface area contributed by atoms with E-state index in [1.54, 1.807) is 14.2 Å². The van der Waals surface area contributed by atoms with Gasteiger partial charge in [0.2, 0.25) is 0 Å². The minimum Gasteiger partial charge on any atom is -0.465 e. The van der Waals surface area contributed by atoms with Crippen LogP contribution in [0.2, 0.25) is 0 Å². The third-order valence-corrected chi connectivity index (χ3v) is 2.20. The van der Waals surface area contributed by atoms with E-state index in [0.717, 1.165) is 17.9 Å². The molecule has 0 aliphatic rings. The zero-order valence-electron chi connectivity index (χ0n) is 9.58. The highest BCUT2D eigenvalue weighted by atomic mass is 16.7. The number of nitrogens with one attached hydrogen (secondary N) is 1. The summed E-state index contributed by atoms with van der Waals surface area (Å²) in [6.45, 7) is 3.42. The van der Waals surface area contributed by atoms with Crippen LogP contribution in [-0.2, 0) is 22.4 Å². The third-order valence-electron chi connectivity index (χ3n) is 2.20. The Bertz CT molecular complexity index is 269. The Kier molecular flexibility index (Phi) is 5.39. The van der Waals surface area contributed by atoms with Gasteiger partial charge >= 0.3 is 0 Å². The number of ether oxygens (including phenoxy) is 2. The molecule has 0 amide bonds. The molecule has 1 rings (SSSR count). The van der Waals surface area contributed by atoms with Gasteiger partial charge in [0.15, 0.2) is 6.29 Å². The summed E-state index contributed by atoms with van der Waals surface area (Å²) in [5, 5.41) is 3.20. The number of rotatable bonds is 7. The fourth-order valence-corrected chi connectivity index (χ4v) is 1.28. The molecule has 0 bridgehead atoms. The maximum atomic E-state index is 5.54. The van der Waals surface area contributed by atoms with E-state index in [0.29, 0.717) is 13.1 Å². The van der Waals surface area contributed by atoms with Gasteiger partial charge in [-0.05, 0) is 12.1 Å². The fraction of sp³-hybridized carbons (Fsp3) is 0.636. The highest BCUT2D eigenvalue weighted by Crippen LogP contribution is 2.07. The van der Waals surface area contributed by atoms with Gasteiger partial charge in [-0.25, -0.2) is 0 Å². The van der Waals surface area contributed by atoms with E-state index < -0.39 is 0 Å². The first kappa shape index (κ1) is 12.2. The zero-order valence-corrected chi connectivity index (χ0v) is 9.58. The molecule has 4 heteroatoms. The second-order valence-electron chi connectivity index (χ2n) is 3.25. The Labute approximate surface area is 90.6 Å². The molecule has 1 aromatic rings. The van der Waals surface area contributed by atoms with E-state index in [-0.39, 0.29) is 6.29 Å². The Hall–Kier alpha value is -0.840. The van der Waals surface area contributed by atoms with Gasteiger partial charge in [-0.3, -0.25) is 0 Å². The summed E-state index contributed by atoms with van der Waals surface area (Å²) in [6.07, 6.45) is 0.726. The normalized spacial score (nSPS) is 11.2. The van der Waals surface area contributed by atoms with E-state index in [9.17, 15) is 0 Å².